The third-order valence-electron chi connectivity index (χ3n) is 2.42. The lowest BCUT2D eigenvalue weighted by atomic mass is 10.2. The molecule has 0 fully saturated rings. The number of benzene rings is 1. The number of pyridine rings is 1. The highest BCUT2D eigenvalue weighted by molar-refractivity contribution is 9.10. The summed E-state index contributed by atoms with van der Waals surface area (Å²) in [5.74, 6) is -2.34. The molecule has 2 N–H and O–H groups in total. The molecule has 102 valence electrons. The molecule has 1 aromatic carbocycles. The summed E-state index contributed by atoms with van der Waals surface area (Å²) in [6.45, 7) is 0. The second-order valence-electron chi connectivity index (χ2n) is 3.82. The van der Waals surface area contributed by atoms with Crippen LogP contribution in [0.25, 0.3) is 0 Å². The Morgan fingerprint density at radius 1 is 1.25 bits per heavy atom. The Morgan fingerprint density at radius 2 is 2.00 bits per heavy atom. The smallest absolute Gasteiger partial charge is 0.354 e. The molecule has 2 rings (SSSR count). The fourth-order valence-electron chi connectivity index (χ4n) is 1.44. The van der Waals surface area contributed by atoms with Crippen molar-refractivity contribution in [2.75, 3.05) is 5.32 Å². The van der Waals surface area contributed by atoms with Gasteiger partial charge in [0.15, 0.2) is 0 Å². The van der Waals surface area contributed by atoms with Crippen molar-refractivity contribution in [2.45, 2.75) is 0 Å². The largest absolute Gasteiger partial charge is 0.477 e. The summed E-state index contributed by atoms with van der Waals surface area (Å²) in [5, 5.41) is 11.1. The highest BCUT2D eigenvalue weighted by atomic mass is 79.9. The van der Waals surface area contributed by atoms with E-state index in [2.05, 4.69) is 26.2 Å². The molecule has 0 saturated carbocycles. The maximum atomic E-state index is 13.5. The van der Waals surface area contributed by atoms with Crippen LogP contribution in [0.5, 0.6) is 0 Å². The molecule has 0 aliphatic heterocycles. The summed E-state index contributed by atoms with van der Waals surface area (Å²) >= 11 is 3.17. The Bertz CT molecular complexity index is 674. The van der Waals surface area contributed by atoms with Crippen molar-refractivity contribution in [1.29, 1.82) is 0 Å². The van der Waals surface area contributed by atoms with E-state index in [-0.39, 0.29) is 16.9 Å². The zero-order chi connectivity index (χ0) is 14.7. The molecular formula is C13H8BrFN2O3. The SMILES string of the molecule is O=C(Nc1cc(Br)ccc1F)c1ccc(C(=O)O)nc1. The molecule has 0 spiro atoms. The van der Waals surface area contributed by atoms with Crippen molar-refractivity contribution < 1.29 is 19.1 Å². The van der Waals surface area contributed by atoms with Crippen LogP contribution in [0, 0.1) is 5.82 Å². The van der Waals surface area contributed by atoms with Crippen LogP contribution < -0.4 is 5.32 Å². The van der Waals surface area contributed by atoms with Gasteiger partial charge in [-0.25, -0.2) is 14.2 Å². The number of aromatic nitrogens is 1. The number of carbonyl (C=O) groups excluding carboxylic acids is 1. The topological polar surface area (TPSA) is 79.3 Å². The molecule has 1 amide bonds. The van der Waals surface area contributed by atoms with Crippen LogP contribution >= 0.6 is 15.9 Å². The predicted octanol–water partition coefficient (Wildman–Crippen LogP) is 2.93. The van der Waals surface area contributed by atoms with Crippen LogP contribution in [0.1, 0.15) is 20.8 Å². The van der Waals surface area contributed by atoms with Crippen LogP contribution in [-0.2, 0) is 0 Å². The quantitative estimate of drug-likeness (QED) is 0.901. The Hall–Kier alpha value is -2.28. The zero-order valence-electron chi connectivity index (χ0n) is 9.93. The maximum Gasteiger partial charge on any atom is 0.354 e. The van der Waals surface area contributed by atoms with Gasteiger partial charge in [-0.3, -0.25) is 4.79 Å². The second kappa shape index (κ2) is 5.79. The summed E-state index contributed by atoms with van der Waals surface area (Å²) in [5.41, 5.74) is -0.0174. The van der Waals surface area contributed by atoms with Gasteiger partial charge in [0, 0.05) is 10.7 Å². The summed E-state index contributed by atoms with van der Waals surface area (Å²) in [7, 11) is 0. The number of carbonyl (C=O) groups is 2. The summed E-state index contributed by atoms with van der Waals surface area (Å²) < 4.78 is 14.1. The predicted molar refractivity (Wildman–Crippen MR) is 73.2 cm³/mol. The number of aromatic carboxylic acids is 1. The van der Waals surface area contributed by atoms with Gasteiger partial charge in [-0.2, -0.15) is 0 Å². The molecule has 0 saturated heterocycles. The van der Waals surface area contributed by atoms with E-state index in [1.54, 1.807) is 0 Å². The second-order valence-corrected chi connectivity index (χ2v) is 4.73. The van der Waals surface area contributed by atoms with Crippen LogP contribution in [-0.4, -0.2) is 22.0 Å². The average molecular weight is 339 g/mol. The Morgan fingerprint density at radius 3 is 2.60 bits per heavy atom. The molecule has 2 aromatic rings. The first-order chi connectivity index (χ1) is 9.47. The van der Waals surface area contributed by atoms with E-state index in [0.717, 1.165) is 6.20 Å². The minimum absolute atomic E-state index is 0.0201. The van der Waals surface area contributed by atoms with Gasteiger partial charge in [0.2, 0.25) is 0 Å². The molecule has 0 aliphatic carbocycles. The molecule has 1 aromatic heterocycles. The number of hydrogen-bond acceptors (Lipinski definition) is 3. The van der Waals surface area contributed by atoms with Gasteiger partial charge in [-0.15, -0.1) is 0 Å². The molecule has 5 nitrogen and oxygen atoms in total. The Kier molecular flexibility index (Phi) is 4.09. The van der Waals surface area contributed by atoms with E-state index >= 15 is 0 Å². The number of hydrogen-bond donors (Lipinski definition) is 2. The highest BCUT2D eigenvalue weighted by Gasteiger charge is 2.11. The number of carboxylic acid groups (broad SMARTS) is 1. The molecule has 0 aliphatic rings. The third-order valence-corrected chi connectivity index (χ3v) is 2.91. The van der Waals surface area contributed by atoms with Gasteiger partial charge in [-0.1, -0.05) is 15.9 Å². The summed E-state index contributed by atoms with van der Waals surface area (Å²) in [4.78, 5) is 26.1. The van der Waals surface area contributed by atoms with E-state index in [0.29, 0.717) is 4.47 Å². The first-order valence-electron chi connectivity index (χ1n) is 5.43. The molecule has 0 radical (unpaired) electrons. The summed E-state index contributed by atoms with van der Waals surface area (Å²) in [6.07, 6.45) is 1.12. The number of amides is 1. The minimum atomic E-state index is -1.19. The fraction of sp³-hybridized carbons (Fsp3) is 0. The van der Waals surface area contributed by atoms with Gasteiger partial charge >= 0.3 is 5.97 Å². The van der Waals surface area contributed by atoms with Crippen LogP contribution in [0.4, 0.5) is 10.1 Å². The van der Waals surface area contributed by atoms with Gasteiger partial charge in [-0.05, 0) is 30.3 Å². The fourth-order valence-corrected chi connectivity index (χ4v) is 1.80. The van der Waals surface area contributed by atoms with E-state index in [1.807, 2.05) is 0 Å². The molecular weight excluding hydrogens is 331 g/mol. The van der Waals surface area contributed by atoms with Gasteiger partial charge in [0.25, 0.3) is 5.91 Å². The Labute approximate surface area is 121 Å². The third kappa shape index (κ3) is 3.18. The number of rotatable bonds is 3. The lowest BCUT2D eigenvalue weighted by Gasteiger charge is -2.06. The highest BCUT2D eigenvalue weighted by Crippen LogP contribution is 2.20. The lowest BCUT2D eigenvalue weighted by molar-refractivity contribution is 0.0690. The number of nitrogens with one attached hydrogen (secondary N) is 1. The number of halogens is 2. The normalized spacial score (nSPS) is 10.1. The maximum absolute atomic E-state index is 13.5. The average Bonchev–Trinajstić information content (AvgIpc) is 2.43. The van der Waals surface area contributed by atoms with E-state index in [9.17, 15) is 14.0 Å². The molecule has 1 heterocycles. The molecule has 0 bridgehead atoms. The zero-order valence-corrected chi connectivity index (χ0v) is 11.5. The van der Waals surface area contributed by atoms with Gasteiger partial charge in [0.1, 0.15) is 11.5 Å². The van der Waals surface area contributed by atoms with Crippen LogP contribution in [0.15, 0.2) is 41.0 Å². The lowest BCUT2D eigenvalue weighted by Crippen LogP contribution is -2.14. The van der Waals surface area contributed by atoms with Gasteiger partial charge < -0.3 is 10.4 Å². The molecule has 20 heavy (non-hydrogen) atoms. The first kappa shape index (κ1) is 14.1. The van der Waals surface area contributed by atoms with Crippen LogP contribution in [0.2, 0.25) is 0 Å². The first-order valence-corrected chi connectivity index (χ1v) is 6.22. The van der Waals surface area contributed by atoms with E-state index in [4.69, 9.17) is 5.11 Å². The van der Waals surface area contributed by atoms with Crippen molar-refractivity contribution in [3.63, 3.8) is 0 Å². The number of anilines is 1. The molecule has 7 heteroatoms. The van der Waals surface area contributed by atoms with Crippen LogP contribution in [0.3, 0.4) is 0 Å². The molecule has 0 atom stereocenters. The van der Waals surface area contributed by atoms with Crippen molar-refractivity contribution in [3.8, 4) is 0 Å². The number of nitrogens with zero attached hydrogens (tertiary/aromatic N) is 1. The monoisotopic (exact) mass is 338 g/mol. The summed E-state index contributed by atoms with van der Waals surface area (Å²) in [6, 6.07) is 6.65. The van der Waals surface area contributed by atoms with Crippen molar-refractivity contribution in [2.24, 2.45) is 0 Å². The van der Waals surface area contributed by atoms with Crippen molar-refractivity contribution in [3.05, 3.63) is 58.1 Å². The molecule has 0 unspecified atom stereocenters. The Balaban J connectivity index is 2.19. The van der Waals surface area contributed by atoms with E-state index in [1.165, 1.54) is 30.3 Å². The van der Waals surface area contributed by atoms with Crippen molar-refractivity contribution in [1.82, 2.24) is 4.98 Å². The number of carboxylic acids is 1. The van der Waals surface area contributed by atoms with Crippen molar-refractivity contribution >= 4 is 33.5 Å². The standard InChI is InChI=1S/C13H8BrFN2O3/c14-8-2-3-9(15)11(5-8)17-12(18)7-1-4-10(13(19)20)16-6-7/h1-6H,(H,17,18)(H,19,20). The minimum Gasteiger partial charge on any atom is -0.477 e. The van der Waals surface area contributed by atoms with E-state index < -0.39 is 17.7 Å². The van der Waals surface area contributed by atoms with Gasteiger partial charge in [0.05, 0.1) is 11.3 Å².